The van der Waals surface area contributed by atoms with Crippen LogP contribution in [-0.2, 0) is 6.54 Å². The van der Waals surface area contributed by atoms with Gasteiger partial charge in [0.25, 0.3) is 0 Å². The van der Waals surface area contributed by atoms with Crippen LogP contribution in [0.4, 0.5) is 10.1 Å². The van der Waals surface area contributed by atoms with E-state index in [1.807, 2.05) is 69.6 Å². The Morgan fingerprint density at radius 3 is 2.85 bits per heavy atom. The van der Waals surface area contributed by atoms with Crippen molar-refractivity contribution in [1.82, 2.24) is 15.3 Å². The summed E-state index contributed by atoms with van der Waals surface area (Å²) < 4.78 is 18.3. The molecule has 1 N–H and O–H groups in total. The molecule has 33 heavy (non-hydrogen) atoms. The van der Waals surface area contributed by atoms with Crippen LogP contribution in [0.3, 0.4) is 0 Å². The van der Waals surface area contributed by atoms with Gasteiger partial charge in [-0.05, 0) is 68.8 Å². The third-order valence-corrected chi connectivity index (χ3v) is 6.92. The second-order valence-electron chi connectivity index (χ2n) is 7.20. The molecule has 0 atom stereocenters. The lowest BCUT2D eigenvalue weighted by Crippen LogP contribution is -2.14. The zero-order valence-electron chi connectivity index (χ0n) is 17.4. The van der Waals surface area contributed by atoms with E-state index in [0.717, 1.165) is 37.2 Å². The topological polar surface area (TPSA) is 63.8 Å². The van der Waals surface area contributed by atoms with Crippen molar-refractivity contribution in [1.29, 1.82) is 0 Å². The summed E-state index contributed by atoms with van der Waals surface area (Å²) in [4.78, 5) is 14.7. The van der Waals surface area contributed by atoms with Gasteiger partial charge >= 0.3 is 0 Å². The monoisotopic (exact) mass is 551 g/mol. The highest BCUT2D eigenvalue weighted by Crippen LogP contribution is 2.25. The lowest BCUT2D eigenvalue weighted by atomic mass is 10.2. The molecular formula is C25H19FIN5O. The molecule has 0 spiro atoms. The van der Waals surface area contributed by atoms with Gasteiger partial charge in [-0.15, -0.1) is 0 Å². The fourth-order valence-electron chi connectivity index (χ4n) is 3.33. The van der Waals surface area contributed by atoms with E-state index in [1.54, 1.807) is 18.5 Å². The fourth-order valence-corrected chi connectivity index (χ4v) is 4.98. The molecule has 164 valence electrons. The van der Waals surface area contributed by atoms with E-state index in [1.165, 1.54) is 12.1 Å². The molecule has 8 heteroatoms. The molecule has 1 aliphatic heterocycles. The summed E-state index contributed by atoms with van der Waals surface area (Å²) in [7, 11) is 0. The quantitative estimate of drug-likeness (QED) is 0.253. The summed E-state index contributed by atoms with van der Waals surface area (Å²) in [5, 5.41) is 5.46. The number of hydroxylamine groups is 1. The molecular weight excluding hydrogens is 532 g/mol. The van der Waals surface area contributed by atoms with Crippen molar-refractivity contribution in [3.8, 4) is 5.75 Å². The molecule has 6 nitrogen and oxygen atoms in total. The van der Waals surface area contributed by atoms with E-state index in [0.29, 0.717) is 6.54 Å². The Morgan fingerprint density at radius 1 is 1.06 bits per heavy atom. The van der Waals surface area contributed by atoms with E-state index in [2.05, 4.69) is 15.6 Å². The molecule has 0 saturated heterocycles. The van der Waals surface area contributed by atoms with Crippen molar-refractivity contribution in [2.75, 3.05) is 0 Å². The van der Waals surface area contributed by atoms with E-state index < -0.39 is 20.7 Å². The van der Waals surface area contributed by atoms with Crippen LogP contribution in [0.15, 0.2) is 101 Å². The molecule has 0 fully saturated rings. The van der Waals surface area contributed by atoms with Gasteiger partial charge in [0.1, 0.15) is 9.54 Å². The third-order valence-electron chi connectivity index (χ3n) is 4.87. The van der Waals surface area contributed by atoms with Crippen molar-refractivity contribution in [2.45, 2.75) is 6.54 Å². The van der Waals surface area contributed by atoms with Crippen LogP contribution in [0.2, 0.25) is 0 Å². The Hall–Kier alpha value is -3.66. The van der Waals surface area contributed by atoms with Gasteiger partial charge in [0.15, 0.2) is 5.75 Å². The predicted molar refractivity (Wildman–Crippen MR) is 139 cm³/mol. The van der Waals surface area contributed by atoms with Gasteiger partial charge < -0.3 is 4.84 Å². The molecule has 0 amide bonds. The van der Waals surface area contributed by atoms with Crippen LogP contribution >= 0.6 is 20.7 Å². The maximum absolute atomic E-state index is 13.5. The van der Waals surface area contributed by atoms with E-state index in [9.17, 15) is 4.39 Å². The molecule has 0 unspecified atom stereocenters. The normalized spacial score (nSPS) is 15.7. The van der Waals surface area contributed by atoms with E-state index >= 15 is 0 Å². The lowest BCUT2D eigenvalue weighted by molar-refractivity contribution is 0.243. The molecule has 0 saturated carbocycles. The first-order valence-corrected chi connectivity index (χ1v) is 12.5. The number of hydrogen-bond donors (Lipinski definition) is 1. The molecule has 2 heterocycles. The lowest BCUT2D eigenvalue weighted by Gasteiger charge is -2.08. The van der Waals surface area contributed by atoms with Gasteiger partial charge in [-0.1, -0.05) is 30.3 Å². The smallest absolute Gasteiger partial charge is 0.155 e. The van der Waals surface area contributed by atoms with E-state index in [-0.39, 0.29) is 5.82 Å². The van der Waals surface area contributed by atoms with Crippen molar-refractivity contribution >= 4 is 51.4 Å². The largest absolute Gasteiger partial charge is 0.383 e. The molecule has 1 aliphatic rings. The third kappa shape index (κ3) is 5.23. The maximum Gasteiger partial charge on any atom is 0.155 e. The highest BCUT2D eigenvalue weighted by Gasteiger charge is 2.09. The first-order valence-electron chi connectivity index (χ1n) is 10.2. The van der Waals surface area contributed by atoms with Crippen molar-refractivity contribution in [3.63, 3.8) is 0 Å². The van der Waals surface area contributed by atoms with E-state index in [4.69, 9.17) is 9.83 Å². The average molecular weight is 551 g/mol. The van der Waals surface area contributed by atoms with Crippen molar-refractivity contribution < 1.29 is 9.23 Å². The number of para-hydroxylation sites is 1. The number of hydrogen-bond acceptors (Lipinski definition) is 5. The highest BCUT2D eigenvalue weighted by atomic mass is 127. The number of rotatable bonds is 6. The number of nitrogens with one attached hydrogen (secondary N) is 1. The standard InChI is InChI=1S/C25H19FIN5O/c26-21-6-4-5-18(11-21)16-32-24-10-9-22(12-19(24)14-29-32)31-25-20(13-28-17-27-25)15-30-33-23-7-2-1-3-8-23/h1-15,17,30H,16H2. The summed E-state index contributed by atoms with van der Waals surface area (Å²) in [6.45, 7) is 0.506. The molecule has 3 aromatic carbocycles. The Kier molecular flexibility index (Phi) is 6.34. The minimum absolute atomic E-state index is 0.245. The van der Waals surface area contributed by atoms with Gasteiger partial charge in [-0.25, -0.2) is 14.9 Å². The van der Waals surface area contributed by atoms with Crippen LogP contribution in [0.1, 0.15) is 5.56 Å². The van der Waals surface area contributed by atoms with Gasteiger partial charge in [-0.2, -0.15) is 5.10 Å². The van der Waals surface area contributed by atoms with Crippen LogP contribution < -0.4 is 10.3 Å². The minimum Gasteiger partial charge on any atom is -0.383 e. The second kappa shape index (κ2) is 9.86. The Labute approximate surface area is 199 Å². The zero-order chi connectivity index (χ0) is 22.5. The summed E-state index contributed by atoms with van der Waals surface area (Å²) in [6.07, 6.45) is 5.37. The van der Waals surface area contributed by atoms with Gasteiger partial charge in [0.05, 0.1) is 28.1 Å². The van der Waals surface area contributed by atoms with Crippen molar-refractivity contribution in [3.05, 3.63) is 102 Å². The number of fused-ring (bicyclic) bond motifs is 1. The first-order chi connectivity index (χ1) is 16.2. The van der Waals surface area contributed by atoms with Gasteiger partial charge in [0.2, 0.25) is 0 Å². The first kappa shape index (κ1) is 21.2. The molecule has 5 rings (SSSR count). The minimum atomic E-state index is -0.459. The number of benzene rings is 3. The van der Waals surface area contributed by atoms with Crippen molar-refractivity contribution in [2.24, 2.45) is 9.98 Å². The number of halogens is 2. The number of allylic oxidation sites excluding steroid dienone is 1. The van der Waals surface area contributed by atoms with Crippen LogP contribution in [0, 0.1) is 5.82 Å². The Morgan fingerprint density at radius 2 is 1.97 bits per heavy atom. The van der Waals surface area contributed by atoms with Gasteiger partial charge in [-0.3, -0.25) is 9.67 Å². The molecule has 4 aromatic rings. The number of nitrogens with zero attached hydrogens (tertiary/aromatic N) is 4. The van der Waals surface area contributed by atoms with Gasteiger partial charge in [0, 0.05) is 23.4 Å². The highest BCUT2D eigenvalue weighted by molar-refractivity contribution is 14.2. The Bertz CT molecular complexity index is 1410. The summed E-state index contributed by atoms with van der Waals surface area (Å²) in [5.41, 5.74) is 6.46. The average Bonchev–Trinajstić information content (AvgIpc) is 3.23. The zero-order valence-corrected chi connectivity index (χ0v) is 19.6. The second-order valence-corrected chi connectivity index (χ2v) is 9.40. The van der Waals surface area contributed by atoms with Crippen LogP contribution in [0.5, 0.6) is 5.75 Å². The fraction of sp³-hybridized carbons (Fsp3) is 0.0400. The molecule has 0 aliphatic carbocycles. The molecule has 1 aromatic heterocycles. The summed E-state index contributed by atoms with van der Waals surface area (Å²) in [6, 6.07) is 22.1. The Balaban J connectivity index is 1.35. The number of aromatic nitrogens is 2. The molecule has 0 radical (unpaired) electrons. The van der Waals surface area contributed by atoms with Crippen LogP contribution in [-0.4, -0.2) is 23.8 Å². The SMILES string of the molecule is Fc1cccc(Cn2ncc3cc(N=C4I=CN=CC4=CNOc4ccccc4)ccc32)c1. The molecule has 0 bridgehead atoms. The predicted octanol–water partition coefficient (Wildman–Crippen LogP) is 5.54. The maximum atomic E-state index is 13.5. The number of aliphatic imine (C=N–C) groups is 2. The van der Waals surface area contributed by atoms with Crippen LogP contribution in [0.25, 0.3) is 10.9 Å². The summed E-state index contributed by atoms with van der Waals surface area (Å²) >= 11 is -0.459. The summed E-state index contributed by atoms with van der Waals surface area (Å²) in [5.74, 6) is 0.480.